The first-order valence-electron chi connectivity index (χ1n) is 4.34. The number of allylic oxidation sites excluding steroid dienone is 1. The maximum atomic E-state index is 2.33. The second-order valence-electron chi connectivity index (χ2n) is 2.92. The fourth-order valence-corrected chi connectivity index (χ4v) is 0.943. The molecule has 1 aliphatic rings. The summed E-state index contributed by atoms with van der Waals surface area (Å²) in [6.45, 7) is 4.81. The lowest BCUT2D eigenvalue weighted by atomic mass is 10.2. The average Bonchev–Trinajstić information content (AvgIpc) is 2.71. The van der Waals surface area contributed by atoms with Crippen molar-refractivity contribution in [1.82, 2.24) is 4.90 Å². The molecule has 0 aromatic rings. The van der Waals surface area contributed by atoms with Crippen LogP contribution in [0.1, 0.15) is 32.6 Å². The van der Waals surface area contributed by atoms with Crippen LogP contribution in [0.3, 0.4) is 0 Å². The molecule has 0 N–H and O–H groups in total. The minimum absolute atomic E-state index is 1.27. The first-order chi connectivity index (χ1) is 4.93. The van der Waals surface area contributed by atoms with Gasteiger partial charge in [0, 0.05) is 13.1 Å². The molecule has 0 spiro atoms. The highest BCUT2D eigenvalue weighted by molar-refractivity contribution is 4.89. The molecule has 0 radical (unpaired) electrons. The maximum absolute atomic E-state index is 2.33. The highest BCUT2D eigenvalue weighted by Gasteiger charge is 2.09. The van der Waals surface area contributed by atoms with E-state index in [1.54, 1.807) is 0 Å². The highest BCUT2D eigenvalue weighted by atomic mass is 15.2. The van der Waals surface area contributed by atoms with E-state index >= 15 is 0 Å². The van der Waals surface area contributed by atoms with Crippen molar-refractivity contribution in [1.29, 1.82) is 0 Å². The lowest BCUT2D eigenvalue weighted by Crippen LogP contribution is -1.79. The molecule has 1 aliphatic heterocycles. The van der Waals surface area contributed by atoms with Crippen molar-refractivity contribution in [3.05, 3.63) is 12.3 Å². The van der Waals surface area contributed by atoms with Gasteiger partial charge in [0.05, 0.1) is 0 Å². The standard InChI is InChI=1S/C9H17N/c1-2-3-4-5-6-7-10-8-9-10/h6-7H,2-5,8-9H2,1H3. The smallest absolute Gasteiger partial charge is 0.0349 e. The molecule has 1 fully saturated rings. The normalized spacial score (nSPS) is 16.7. The van der Waals surface area contributed by atoms with Crippen molar-refractivity contribution in [2.45, 2.75) is 32.6 Å². The van der Waals surface area contributed by atoms with Crippen molar-refractivity contribution in [3.63, 3.8) is 0 Å². The SMILES string of the molecule is CCCCCC=CN1CC1. The predicted molar refractivity (Wildman–Crippen MR) is 44.9 cm³/mol. The molecule has 58 valence electrons. The van der Waals surface area contributed by atoms with Crippen LogP contribution in [0.25, 0.3) is 0 Å². The first kappa shape index (κ1) is 7.64. The molecule has 0 saturated carbocycles. The van der Waals surface area contributed by atoms with Gasteiger partial charge in [0.2, 0.25) is 0 Å². The van der Waals surface area contributed by atoms with Crippen molar-refractivity contribution in [2.24, 2.45) is 0 Å². The van der Waals surface area contributed by atoms with Crippen molar-refractivity contribution >= 4 is 0 Å². The van der Waals surface area contributed by atoms with Gasteiger partial charge < -0.3 is 4.90 Å². The zero-order chi connectivity index (χ0) is 7.23. The molecule has 0 aliphatic carbocycles. The van der Waals surface area contributed by atoms with Gasteiger partial charge in [0.25, 0.3) is 0 Å². The minimum Gasteiger partial charge on any atom is -0.374 e. The summed E-state index contributed by atoms with van der Waals surface area (Å²) < 4.78 is 0. The van der Waals surface area contributed by atoms with E-state index in [1.165, 1.54) is 38.8 Å². The minimum atomic E-state index is 1.27. The van der Waals surface area contributed by atoms with Gasteiger partial charge >= 0.3 is 0 Å². The van der Waals surface area contributed by atoms with E-state index in [9.17, 15) is 0 Å². The van der Waals surface area contributed by atoms with Crippen LogP contribution in [0.5, 0.6) is 0 Å². The summed E-state index contributed by atoms with van der Waals surface area (Å²) in [5, 5.41) is 0. The van der Waals surface area contributed by atoms with Crippen LogP contribution in [0.15, 0.2) is 12.3 Å². The summed E-state index contributed by atoms with van der Waals surface area (Å²) in [6, 6.07) is 0. The predicted octanol–water partition coefficient (Wildman–Crippen LogP) is 2.40. The van der Waals surface area contributed by atoms with Gasteiger partial charge in [-0.1, -0.05) is 25.8 Å². The topological polar surface area (TPSA) is 3.01 Å². The van der Waals surface area contributed by atoms with Gasteiger partial charge in [-0.15, -0.1) is 0 Å². The van der Waals surface area contributed by atoms with Crippen LogP contribution in [-0.2, 0) is 0 Å². The number of hydrogen-bond donors (Lipinski definition) is 0. The molecule has 1 heterocycles. The summed E-state index contributed by atoms with van der Waals surface area (Å²) >= 11 is 0. The van der Waals surface area contributed by atoms with Crippen LogP contribution in [0, 0.1) is 0 Å². The summed E-state index contributed by atoms with van der Waals surface area (Å²) in [7, 11) is 0. The van der Waals surface area contributed by atoms with Crippen LogP contribution in [-0.4, -0.2) is 18.0 Å². The number of nitrogens with zero attached hydrogens (tertiary/aromatic N) is 1. The van der Waals surface area contributed by atoms with E-state index < -0.39 is 0 Å². The van der Waals surface area contributed by atoms with Crippen LogP contribution >= 0.6 is 0 Å². The molecule has 0 unspecified atom stereocenters. The lowest BCUT2D eigenvalue weighted by Gasteiger charge is -1.92. The Bertz CT molecular complexity index is 103. The number of rotatable bonds is 5. The Labute approximate surface area is 63.7 Å². The van der Waals surface area contributed by atoms with E-state index in [0.717, 1.165) is 0 Å². The quantitative estimate of drug-likeness (QED) is 0.417. The fourth-order valence-electron chi connectivity index (χ4n) is 0.943. The molecule has 1 saturated heterocycles. The zero-order valence-electron chi connectivity index (χ0n) is 6.84. The zero-order valence-corrected chi connectivity index (χ0v) is 6.84. The third-order valence-electron chi connectivity index (χ3n) is 1.77. The highest BCUT2D eigenvalue weighted by Crippen LogP contribution is 2.05. The van der Waals surface area contributed by atoms with Gasteiger partial charge in [0.1, 0.15) is 0 Å². The molecule has 10 heavy (non-hydrogen) atoms. The Morgan fingerprint density at radius 1 is 1.30 bits per heavy atom. The Hall–Kier alpha value is -0.460. The number of hydrogen-bond acceptors (Lipinski definition) is 1. The van der Waals surface area contributed by atoms with Crippen LogP contribution < -0.4 is 0 Å². The fraction of sp³-hybridized carbons (Fsp3) is 0.778. The van der Waals surface area contributed by atoms with Crippen molar-refractivity contribution < 1.29 is 0 Å². The van der Waals surface area contributed by atoms with Gasteiger partial charge in [-0.2, -0.15) is 0 Å². The van der Waals surface area contributed by atoms with Gasteiger partial charge in [0.15, 0.2) is 0 Å². The molecule has 0 amide bonds. The molecule has 1 nitrogen and oxygen atoms in total. The Morgan fingerprint density at radius 2 is 2.10 bits per heavy atom. The van der Waals surface area contributed by atoms with Gasteiger partial charge in [-0.05, 0) is 19.0 Å². The van der Waals surface area contributed by atoms with Gasteiger partial charge in [-0.25, -0.2) is 0 Å². The molecular weight excluding hydrogens is 122 g/mol. The molecule has 0 aromatic carbocycles. The second-order valence-corrected chi connectivity index (χ2v) is 2.92. The van der Waals surface area contributed by atoms with Crippen molar-refractivity contribution in [2.75, 3.05) is 13.1 Å². The number of unbranched alkanes of at least 4 members (excludes halogenated alkanes) is 3. The van der Waals surface area contributed by atoms with Crippen molar-refractivity contribution in [3.8, 4) is 0 Å². The second kappa shape index (κ2) is 4.37. The molecule has 1 heteroatoms. The Morgan fingerprint density at radius 3 is 2.70 bits per heavy atom. The summed E-state index contributed by atoms with van der Waals surface area (Å²) in [4.78, 5) is 2.33. The lowest BCUT2D eigenvalue weighted by molar-refractivity contribution is 0.714. The Kier molecular flexibility index (Phi) is 3.34. The van der Waals surface area contributed by atoms with Crippen LogP contribution in [0.2, 0.25) is 0 Å². The molecule has 1 rings (SSSR count). The Balaban J connectivity index is 1.83. The first-order valence-corrected chi connectivity index (χ1v) is 4.34. The summed E-state index contributed by atoms with van der Waals surface area (Å²) in [6.07, 6.45) is 9.87. The largest absolute Gasteiger partial charge is 0.374 e. The molecular formula is C9H17N. The summed E-state index contributed by atoms with van der Waals surface area (Å²) in [5.41, 5.74) is 0. The third kappa shape index (κ3) is 3.54. The maximum Gasteiger partial charge on any atom is 0.0349 e. The van der Waals surface area contributed by atoms with E-state index in [2.05, 4.69) is 24.1 Å². The van der Waals surface area contributed by atoms with Crippen LogP contribution in [0.4, 0.5) is 0 Å². The molecule has 0 aromatic heterocycles. The third-order valence-corrected chi connectivity index (χ3v) is 1.77. The average molecular weight is 139 g/mol. The monoisotopic (exact) mass is 139 g/mol. The summed E-state index contributed by atoms with van der Waals surface area (Å²) in [5.74, 6) is 0. The van der Waals surface area contributed by atoms with E-state index in [4.69, 9.17) is 0 Å². The molecule has 0 atom stereocenters. The molecule has 0 bridgehead atoms. The van der Waals surface area contributed by atoms with E-state index in [1.807, 2.05) is 0 Å². The van der Waals surface area contributed by atoms with E-state index in [-0.39, 0.29) is 0 Å². The van der Waals surface area contributed by atoms with Gasteiger partial charge in [-0.3, -0.25) is 0 Å². The van der Waals surface area contributed by atoms with E-state index in [0.29, 0.717) is 0 Å².